The van der Waals surface area contributed by atoms with Gasteiger partial charge in [-0.05, 0) is 25.0 Å². The van der Waals surface area contributed by atoms with Crippen LogP contribution in [0.5, 0.6) is 0 Å². The van der Waals surface area contributed by atoms with E-state index < -0.39 is 0 Å². The Morgan fingerprint density at radius 1 is 1.24 bits per heavy atom. The quantitative estimate of drug-likeness (QED) is 0.789. The number of fused-ring (bicyclic) bond motifs is 1. The molecule has 1 aromatic heterocycles. The zero-order valence-electron chi connectivity index (χ0n) is 12.0. The lowest BCUT2D eigenvalue weighted by atomic mass is 10.1. The average molecular weight is 303 g/mol. The Morgan fingerprint density at radius 2 is 2.10 bits per heavy atom. The van der Waals surface area contributed by atoms with Crippen molar-refractivity contribution in [1.29, 1.82) is 0 Å². The molecule has 1 fully saturated rings. The van der Waals surface area contributed by atoms with Crippen LogP contribution in [0, 0.1) is 0 Å². The van der Waals surface area contributed by atoms with Crippen molar-refractivity contribution in [3.05, 3.63) is 42.1 Å². The number of halogens is 1. The third-order valence-electron chi connectivity index (χ3n) is 4.20. The van der Waals surface area contributed by atoms with Crippen molar-refractivity contribution in [3.8, 4) is 0 Å². The monoisotopic (exact) mass is 302 g/mol. The molecule has 0 radical (unpaired) electrons. The summed E-state index contributed by atoms with van der Waals surface area (Å²) in [5.41, 5.74) is 1.60. The number of alkyl halides is 1. The maximum absolute atomic E-state index is 13.0. The average Bonchev–Trinajstić information content (AvgIpc) is 2.79. The van der Waals surface area contributed by atoms with Crippen LogP contribution in [-0.2, 0) is 0 Å². The van der Waals surface area contributed by atoms with Crippen molar-refractivity contribution >= 4 is 28.4 Å². The lowest BCUT2D eigenvalue weighted by Crippen LogP contribution is -2.41. The predicted octanol–water partition coefficient (Wildman–Crippen LogP) is 3.86. The van der Waals surface area contributed by atoms with Gasteiger partial charge in [-0.3, -0.25) is 9.78 Å². The lowest BCUT2D eigenvalue weighted by Gasteiger charge is -2.29. The summed E-state index contributed by atoms with van der Waals surface area (Å²) in [7, 11) is 0. The van der Waals surface area contributed by atoms with E-state index in [9.17, 15) is 4.79 Å². The van der Waals surface area contributed by atoms with Crippen LogP contribution in [0.2, 0.25) is 0 Å². The van der Waals surface area contributed by atoms with Crippen LogP contribution in [-0.4, -0.2) is 34.3 Å². The molecular weight excluding hydrogens is 284 g/mol. The Hall–Kier alpha value is -1.61. The Balaban J connectivity index is 1.99. The summed E-state index contributed by atoms with van der Waals surface area (Å²) >= 11 is 6.09. The highest BCUT2D eigenvalue weighted by atomic mass is 35.5. The van der Waals surface area contributed by atoms with Crippen LogP contribution in [0.4, 0.5) is 0 Å². The largest absolute Gasteiger partial charge is 0.334 e. The topological polar surface area (TPSA) is 33.2 Å². The minimum absolute atomic E-state index is 0.0844. The lowest BCUT2D eigenvalue weighted by molar-refractivity contribution is 0.0702. The van der Waals surface area contributed by atoms with Crippen molar-refractivity contribution in [2.75, 3.05) is 12.4 Å². The molecule has 1 atom stereocenters. The summed E-state index contributed by atoms with van der Waals surface area (Å²) in [5, 5.41) is 0.919. The van der Waals surface area contributed by atoms with Gasteiger partial charge < -0.3 is 4.90 Å². The van der Waals surface area contributed by atoms with Gasteiger partial charge in [0.15, 0.2) is 0 Å². The van der Waals surface area contributed by atoms with Gasteiger partial charge in [0.1, 0.15) is 0 Å². The van der Waals surface area contributed by atoms with Crippen molar-refractivity contribution in [2.24, 2.45) is 0 Å². The second kappa shape index (κ2) is 6.44. The van der Waals surface area contributed by atoms with E-state index in [-0.39, 0.29) is 11.9 Å². The van der Waals surface area contributed by atoms with E-state index in [1.807, 2.05) is 35.2 Å². The first-order valence-corrected chi connectivity index (χ1v) is 8.05. The van der Waals surface area contributed by atoms with Gasteiger partial charge in [-0.15, -0.1) is 11.6 Å². The van der Waals surface area contributed by atoms with Crippen LogP contribution in [0.15, 0.2) is 36.5 Å². The van der Waals surface area contributed by atoms with Crippen molar-refractivity contribution in [1.82, 2.24) is 9.88 Å². The zero-order chi connectivity index (χ0) is 14.7. The molecule has 0 aliphatic carbocycles. The van der Waals surface area contributed by atoms with Gasteiger partial charge in [-0.25, -0.2) is 0 Å². The van der Waals surface area contributed by atoms with Crippen LogP contribution < -0.4 is 0 Å². The van der Waals surface area contributed by atoms with E-state index in [1.54, 1.807) is 6.20 Å². The molecule has 21 heavy (non-hydrogen) atoms. The predicted molar refractivity (Wildman–Crippen MR) is 85.8 cm³/mol. The van der Waals surface area contributed by atoms with Crippen LogP contribution in [0.25, 0.3) is 10.9 Å². The molecule has 3 nitrogen and oxygen atoms in total. The van der Waals surface area contributed by atoms with E-state index in [1.165, 1.54) is 6.42 Å². The van der Waals surface area contributed by atoms with Gasteiger partial charge in [0.2, 0.25) is 0 Å². The van der Waals surface area contributed by atoms with Crippen molar-refractivity contribution in [2.45, 2.75) is 31.7 Å². The molecule has 1 unspecified atom stereocenters. The number of hydrogen-bond donors (Lipinski definition) is 0. The first-order valence-electron chi connectivity index (χ1n) is 7.52. The van der Waals surface area contributed by atoms with Gasteiger partial charge in [0.05, 0.1) is 11.1 Å². The molecule has 3 rings (SSSR count). The summed E-state index contributed by atoms with van der Waals surface area (Å²) in [4.78, 5) is 19.3. The standard InChI is InChI=1S/C17H19ClN2O/c18-12-13-6-2-1-5-11-20(13)17(21)15-9-10-19-16-8-4-3-7-14(15)16/h3-4,7-10,13H,1-2,5-6,11-12H2. The summed E-state index contributed by atoms with van der Waals surface area (Å²) in [5.74, 6) is 0.593. The fourth-order valence-corrected chi connectivity index (χ4v) is 3.36. The van der Waals surface area contributed by atoms with E-state index in [2.05, 4.69) is 4.98 Å². The highest BCUT2D eigenvalue weighted by molar-refractivity contribution is 6.18. The number of rotatable bonds is 2. The fraction of sp³-hybridized carbons (Fsp3) is 0.412. The second-order valence-corrected chi connectivity index (χ2v) is 5.84. The van der Waals surface area contributed by atoms with E-state index in [4.69, 9.17) is 11.6 Å². The van der Waals surface area contributed by atoms with Gasteiger partial charge >= 0.3 is 0 Å². The number of carbonyl (C=O) groups excluding carboxylic acids is 1. The van der Waals surface area contributed by atoms with Crippen LogP contribution in [0.1, 0.15) is 36.0 Å². The minimum atomic E-state index is 0.0844. The minimum Gasteiger partial charge on any atom is -0.334 e. The Bertz CT molecular complexity index is 638. The molecule has 2 aromatic rings. The first kappa shape index (κ1) is 14.3. The molecular formula is C17H19ClN2O. The Labute approximate surface area is 129 Å². The number of benzene rings is 1. The highest BCUT2D eigenvalue weighted by Crippen LogP contribution is 2.23. The van der Waals surface area contributed by atoms with Crippen molar-refractivity contribution in [3.63, 3.8) is 0 Å². The number of carbonyl (C=O) groups is 1. The molecule has 110 valence electrons. The Morgan fingerprint density at radius 3 is 2.95 bits per heavy atom. The molecule has 1 aliphatic heterocycles. The molecule has 1 aliphatic rings. The molecule has 1 amide bonds. The molecule has 0 spiro atoms. The smallest absolute Gasteiger partial charge is 0.254 e. The van der Waals surface area contributed by atoms with E-state index >= 15 is 0 Å². The third-order valence-corrected chi connectivity index (χ3v) is 4.55. The van der Waals surface area contributed by atoms with Gasteiger partial charge in [0, 0.05) is 30.0 Å². The first-order chi connectivity index (χ1) is 10.3. The normalized spacial score (nSPS) is 19.5. The number of likely N-dealkylation sites (tertiary alicyclic amines) is 1. The second-order valence-electron chi connectivity index (χ2n) is 5.53. The number of aromatic nitrogens is 1. The fourth-order valence-electron chi connectivity index (χ4n) is 3.04. The Kier molecular flexibility index (Phi) is 4.39. The molecule has 2 heterocycles. The number of nitrogens with zero attached hydrogens (tertiary/aromatic N) is 2. The molecule has 4 heteroatoms. The summed E-state index contributed by atoms with van der Waals surface area (Å²) in [6.07, 6.45) is 6.09. The summed E-state index contributed by atoms with van der Waals surface area (Å²) < 4.78 is 0. The van der Waals surface area contributed by atoms with Gasteiger partial charge in [-0.1, -0.05) is 31.0 Å². The maximum atomic E-state index is 13.0. The third kappa shape index (κ3) is 2.88. The number of para-hydroxylation sites is 1. The maximum Gasteiger partial charge on any atom is 0.254 e. The molecule has 1 saturated heterocycles. The highest BCUT2D eigenvalue weighted by Gasteiger charge is 2.26. The number of pyridine rings is 1. The van der Waals surface area contributed by atoms with Crippen LogP contribution in [0.3, 0.4) is 0 Å². The number of hydrogen-bond acceptors (Lipinski definition) is 2. The number of amides is 1. The van der Waals surface area contributed by atoms with Crippen LogP contribution >= 0.6 is 11.6 Å². The SMILES string of the molecule is O=C(c1ccnc2ccccc12)N1CCCCCC1CCl. The molecule has 0 N–H and O–H groups in total. The molecule has 0 saturated carbocycles. The molecule has 0 bridgehead atoms. The zero-order valence-corrected chi connectivity index (χ0v) is 12.7. The van der Waals surface area contributed by atoms with E-state index in [0.29, 0.717) is 5.88 Å². The molecule has 1 aromatic carbocycles. The van der Waals surface area contributed by atoms with Crippen molar-refractivity contribution < 1.29 is 4.79 Å². The van der Waals surface area contributed by atoms with Gasteiger partial charge in [-0.2, -0.15) is 0 Å². The van der Waals surface area contributed by atoms with Gasteiger partial charge in [0.25, 0.3) is 5.91 Å². The summed E-state index contributed by atoms with van der Waals surface area (Å²) in [6.45, 7) is 0.798. The summed E-state index contributed by atoms with van der Waals surface area (Å²) in [6, 6.07) is 9.75. The van der Waals surface area contributed by atoms with E-state index in [0.717, 1.165) is 42.3 Å².